The van der Waals surface area contributed by atoms with Crippen LogP contribution in [0, 0.1) is 0 Å². The molecule has 114 valence electrons. The van der Waals surface area contributed by atoms with Crippen LogP contribution in [-0.2, 0) is 9.84 Å². The Bertz CT molecular complexity index is 749. The third-order valence-corrected chi connectivity index (χ3v) is 5.55. The first-order valence-electron chi connectivity index (χ1n) is 7.30. The molecule has 1 N–H and O–H groups in total. The van der Waals surface area contributed by atoms with Gasteiger partial charge in [-0.2, -0.15) is 0 Å². The predicted molar refractivity (Wildman–Crippen MR) is 83.4 cm³/mol. The van der Waals surface area contributed by atoms with Crippen LogP contribution in [0.3, 0.4) is 0 Å². The van der Waals surface area contributed by atoms with Crippen LogP contribution < -0.4 is 5.32 Å². The molecule has 21 heavy (non-hydrogen) atoms. The second kappa shape index (κ2) is 5.33. The van der Waals surface area contributed by atoms with E-state index in [4.69, 9.17) is 4.42 Å². The van der Waals surface area contributed by atoms with E-state index in [1.54, 1.807) is 0 Å². The summed E-state index contributed by atoms with van der Waals surface area (Å²) in [7, 11) is -2.90. The Morgan fingerprint density at radius 2 is 2.19 bits per heavy atom. The van der Waals surface area contributed by atoms with Gasteiger partial charge in [-0.15, -0.1) is 0 Å². The average molecular weight is 308 g/mol. The van der Waals surface area contributed by atoms with E-state index in [0.29, 0.717) is 5.75 Å². The number of nitrogens with one attached hydrogen (secondary N) is 1. The highest BCUT2D eigenvalue weighted by molar-refractivity contribution is 7.91. The van der Waals surface area contributed by atoms with Crippen molar-refractivity contribution in [3.63, 3.8) is 0 Å². The maximum atomic E-state index is 11.7. The summed E-state index contributed by atoms with van der Waals surface area (Å²) in [5.74, 6) is 1.49. The van der Waals surface area contributed by atoms with Gasteiger partial charge in [0.1, 0.15) is 5.52 Å². The molecule has 1 aromatic carbocycles. The number of sulfone groups is 1. The van der Waals surface area contributed by atoms with E-state index < -0.39 is 9.84 Å². The Morgan fingerprint density at radius 1 is 1.38 bits per heavy atom. The maximum Gasteiger partial charge on any atom is 0.198 e. The quantitative estimate of drug-likeness (QED) is 0.944. The molecule has 5 nitrogen and oxygen atoms in total. The molecule has 2 aromatic rings. The number of nitrogens with zero attached hydrogens (tertiary/aromatic N) is 1. The van der Waals surface area contributed by atoms with Crippen molar-refractivity contribution in [2.24, 2.45) is 0 Å². The predicted octanol–water partition coefficient (Wildman–Crippen LogP) is 2.94. The van der Waals surface area contributed by atoms with Crippen molar-refractivity contribution in [2.75, 3.05) is 16.8 Å². The van der Waals surface area contributed by atoms with E-state index in [1.165, 1.54) is 0 Å². The zero-order chi connectivity index (χ0) is 15.0. The number of oxazole rings is 1. The fourth-order valence-electron chi connectivity index (χ4n) is 2.65. The SMILES string of the molecule is CC(C)c1nc2cc(NC3CCCS(=O)(=O)C3)ccc2o1. The lowest BCUT2D eigenvalue weighted by atomic mass is 10.1. The number of anilines is 1. The summed E-state index contributed by atoms with van der Waals surface area (Å²) < 4.78 is 29.0. The van der Waals surface area contributed by atoms with Crippen molar-refractivity contribution in [1.82, 2.24) is 4.98 Å². The monoisotopic (exact) mass is 308 g/mol. The summed E-state index contributed by atoms with van der Waals surface area (Å²) >= 11 is 0. The Labute approximate surface area is 124 Å². The van der Waals surface area contributed by atoms with Crippen LogP contribution in [0.1, 0.15) is 38.5 Å². The Hall–Kier alpha value is -1.56. The zero-order valence-corrected chi connectivity index (χ0v) is 13.1. The van der Waals surface area contributed by atoms with Crippen LogP contribution in [0.25, 0.3) is 11.1 Å². The summed E-state index contributed by atoms with van der Waals surface area (Å²) in [6.07, 6.45) is 1.61. The third kappa shape index (κ3) is 3.20. The highest BCUT2D eigenvalue weighted by Gasteiger charge is 2.24. The van der Waals surface area contributed by atoms with Crippen LogP contribution in [0.4, 0.5) is 5.69 Å². The zero-order valence-electron chi connectivity index (χ0n) is 12.3. The van der Waals surface area contributed by atoms with Crippen molar-refractivity contribution < 1.29 is 12.8 Å². The molecule has 0 spiro atoms. The van der Waals surface area contributed by atoms with Crippen molar-refractivity contribution in [3.05, 3.63) is 24.1 Å². The first-order valence-corrected chi connectivity index (χ1v) is 9.12. The van der Waals surface area contributed by atoms with Gasteiger partial charge in [-0.05, 0) is 31.0 Å². The Balaban J connectivity index is 1.81. The molecule has 2 heterocycles. The molecule has 3 rings (SSSR count). The molecule has 1 unspecified atom stereocenters. The third-order valence-electron chi connectivity index (χ3n) is 3.73. The summed E-state index contributed by atoms with van der Waals surface area (Å²) in [5, 5.41) is 3.31. The Kier molecular flexibility index (Phi) is 3.65. The van der Waals surface area contributed by atoms with Crippen molar-refractivity contribution in [1.29, 1.82) is 0 Å². The van der Waals surface area contributed by atoms with Gasteiger partial charge in [-0.3, -0.25) is 0 Å². The number of hydrogen-bond donors (Lipinski definition) is 1. The van der Waals surface area contributed by atoms with Crippen molar-refractivity contribution in [3.8, 4) is 0 Å². The van der Waals surface area contributed by atoms with Crippen LogP contribution in [0.2, 0.25) is 0 Å². The van der Waals surface area contributed by atoms with Crippen molar-refractivity contribution in [2.45, 2.75) is 38.6 Å². The number of benzene rings is 1. The molecule has 1 aliphatic heterocycles. The maximum absolute atomic E-state index is 11.7. The summed E-state index contributed by atoms with van der Waals surface area (Å²) in [6.45, 7) is 4.08. The molecule has 1 fully saturated rings. The van der Waals surface area contributed by atoms with Crippen LogP contribution >= 0.6 is 0 Å². The lowest BCUT2D eigenvalue weighted by Gasteiger charge is -2.23. The van der Waals surface area contributed by atoms with Gasteiger partial charge in [0.2, 0.25) is 0 Å². The fourth-order valence-corrected chi connectivity index (χ4v) is 4.29. The normalized spacial score (nSPS) is 21.8. The summed E-state index contributed by atoms with van der Waals surface area (Å²) in [6, 6.07) is 5.70. The first kappa shape index (κ1) is 14.4. The Morgan fingerprint density at radius 3 is 2.90 bits per heavy atom. The fraction of sp³-hybridized carbons (Fsp3) is 0.533. The smallest absolute Gasteiger partial charge is 0.198 e. The van der Waals surface area contributed by atoms with E-state index in [0.717, 1.165) is 35.5 Å². The molecule has 0 aliphatic carbocycles. The van der Waals surface area contributed by atoms with Gasteiger partial charge in [-0.1, -0.05) is 13.8 Å². The molecule has 0 amide bonds. The molecule has 0 radical (unpaired) electrons. The summed E-state index contributed by atoms with van der Waals surface area (Å²) in [5.41, 5.74) is 2.47. The molecule has 1 saturated heterocycles. The minimum absolute atomic E-state index is 0.0160. The molecule has 1 atom stereocenters. The number of fused-ring (bicyclic) bond motifs is 1. The van der Waals surface area contributed by atoms with Gasteiger partial charge in [0.05, 0.1) is 11.5 Å². The lowest BCUT2D eigenvalue weighted by Crippen LogP contribution is -2.34. The lowest BCUT2D eigenvalue weighted by molar-refractivity contribution is 0.501. The van der Waals surface area contributed by atoms with Gasteiger partial charge in [-0.25, -0.2) is 13.4 Å². The number of hydrogen-bond acceptors (Lipinski definition) is 5. The van der Waals surface area contributed by atoms with Crippen LogP contribution in [-0.4, -0.2) is 30.9 Å². The standard InChI is InChI=1S/C15H20N2O3S/c1-10(2)15-17-13-8-11(5-6-14(13)20-15)16-12-4-3-7-21(18,19)9-12/h5-6,8,10,12,16H,3-4,7,9H2,1-2H3. The molecule has 6 heteroatoms. The topological polar surface area (TPSA) is 72.2 Å². The minimum atomic E-state index is -2.90. The van der Waals surface area contributed by atoms with E-state index in [2.05, 4.69) is 10.3 Å². The van der Waals surface area contributed by atoms with E-state index in [9.17, 15) is 8.42 Å². The highest BCUT2D eigenvalue weighted by atomic mass is 32.2. The largest absolute Gasteiger partial charge is 0.440 e. The van der Waals surface area contributed by atoms with E-state index in [1.807, 2.05) is 32.0 Å². The molecular weight excluding hydrogens is 288 g/mol. The molecule has 1 aliphatic rings. The minimum Gasteiger partial charge on any atom is -0.440 e. The molecule has 0 saturated carbocycles. The second-order valence-electron chi connectivity index (χ2n) is 5.99. The van der Waals surface area contributed by atoms with Crippen LogP contribution in [0.5, 0.6) is 0 Å². The van der Waals surface area contributed by atoms with E-state index in [-0.39, 0.29) is 17.7 Å². The number of rotatable bonds is 3. The highest BCUT2D eigenvalue weighted by Crippen LogP contribution is 2.25. The van der Waals surface area contributed by atoms with Gasteiger partial charge >= 0.3 is 0 Å². The first-order chi connectivity index (χ1) is 9.93. The van der Waals surface area contributed by atoms with Crippen molar-refractivity contribution >= 4 is 26.6 Å². The molecule has 1 aromatic heterocycles. The van der Waals surface area contributed by atoms with E-state index >= 15 is 0 Å². The molecular formula is C15H20N2O3S. The van der Waals surface area contributed by atoms with Gasteiger partial charge in [0, 0.05) is 17.6 Å². The van der Waals surface area contributed by atoms with Crippen LogP contribution in [0.15, 0.2) is 22.6 Å². The van der Waals surface area contributed by atoms with Gasteiger partial charge in [0.15, 0.2) is 21.3 Å². The average Bonchev–Trinajstić information content (AvgIpc) is 2.80. The second-order valence-corrected chi connectivity index (χ2v) is 8.22. The number of aromatic nitrogens is 1. The summed E-state index contributed by atoms with van der Waals surface area (Å²) in [4.78, 5) is 4.47. The van der Waals surface area contributed by atoms with Gasteiger partial charge in [0.25, 0.3) is 0 Å². The molecule has 0 bridgehead atoms. The van der Waals surface area contributed by atoms with Gasteiger partial charge < -0.3 is 9.73 Å².